The smallest absolute Gasteiger partial charge is 0.260 e. The molecule has 1 amide bonds. The highest BCUT2D eigenvalue weighted by Gasteiger charge is 2.16. The van der Waals surface area contributed by atoms with Crippen molar-refractivity contribution >= 4 is 5.91 Å². The summed E-state index contributed by atoms with van der Waals surface area (Å²) in [6.07, 6.45) is 0.294. The summed E-state index contributed by atoms with van der Waals surface area (Å²) in [5, 5.41) is 2.83. The number of hydrogen-bond acceptors (Lipinski definition) is 3. The van der Waals surface area contributed by atoms with Crippen LogP contribution < -0.4 is 10.1 Å². The summed E-state index contributed by atoms with van der Waals surface area (Å²) in [6.45, 7) is 9.49. The molecule has 118 valence electrons. The van der Waals surface area contributed by atoms with Crippen molar-refractivity contribution in [2.24, 2.45) is 0 Å². The number of amides is 1. The Bertz CT molecular complexity index is 434. The molecule has 0 heterocycles. The van der Waals surface area contributed by atoms with Crippen LogP contribution in [0, 0.1) is 0 Å². The van der Waals surface area contributed by atoms with Crippen molar-refractivity contribution in [2.45, 2.75) is 45.6 Å². The highest BCUT2D eigenvalue weighted by Crippen LogP contribution is 2.24. The van der Waals surface area contributed by atoms with E-state index in [1.54, 1.807) is 14.0 Å². The lowest BCUT2D eigenvalue weighted by atomic mass is 9.87. The number of benzene rings is 1. The molecule has 0 aromatic heterocycles. The normalized spacial score (nSPS) is 12.8. The summed E-state index contributed by atoms with van der Waals surface area (Å²) in [7, 11) is 1.65. The van der Waals surface area contributed by atoms with Gasteiger partial charge in [0.05, 0.1) is 0 Å². The van der Waals surface area contributed by atoms with E-state index in [-0.39, 0.29) is 11.3 Å². The Balaban J connectivity index is 2.47. The topological polar surface area (TPSA) is 47.6 Å². The third kappa shape index (κ3) is 6.17. The minimum atomic E-state index is -0.506. The zero-order valence-electron chi connectivity index (χ0n) is 13.7. The maximum absolute atomic E-state index is 11.9. The van der Waals surface area contributed by atoms with Crippen molar-refractivity contribution in [3.8, 4) is 5.75 Å². The molecule has 0 fully saturated rings. The number of nitrogens with one attached hydrogen (secondary N) is 1. The van der Waals surface area contributed by atoms with E-state index in [4.69, 9.17) is 9.47 Å². The van der Waals surface area contributed by atoms with Crippen molar-refractivity contribution in [3.63, 3.8) is 0 Å². The van der Waals surface area contributed by atoms with Crippen LogP contribution in [0.3, 0.4) is 0 Å². The van der Waals surface area contributed by atoms with E-state index in [1.807, 2.05) is 24.3 Å². The molecule has 1 rings (SSSR count). The lowest BCUT2D eigenvalue weighted by Crippen LogP contribution is -2.37. The predicted molar refractivity (Wildman–Crippen MR) is 84.7 cm³/mol. The Hall–Kier alpha value is -1.55. The highest BCUT2D eigenvalue weighted by atomic mass is 16.5. The molecule has 1 aromatic rings. The first kappa shape index (κ1) is 17.5. The van der Waals surface area contributed by atoms with Gasteiger partial charge in [0.2, 0.25) is 0 Å². The fourth-order valence-corrected chi connectivity index (χ4v) is 1.86. The minimum Gasteiger partial charge on any atom is -0.481 e. The van der Waals surface area contributed by atoms with Crippen LogP contribution in [0.25, 0.3) is 0 Å². The van der Waals surface area contributed by atoms with Crippen LogP contribution in [-0.2, 0) is 14.9 Å². The third-order valence-corrected chi connectivity index (χ3v) is 3.23. The van der Waals surface area contributed by atoms with Gasteiger partial charge in [0.1, 0.15) is 5.75 Å². The zero-order valence-corrected chi connectivity index (χ0v) is 13.7. The largest absolute Gasteiger partial charge is 0.481 e. The van der Waals surface area contributed by atoms with Crippen LogP contribution in [0.5, 0.6) is 5.75 Å². The number of carbonyl (C=O) groups excluding carboxylic acids is 1. The summed E-state index contributed by atoms with van der Waals surface area (Å²) >= 11 is 0. The Morgan fingerprint density at radius 2 is 1.86 bits per heavy atom. The van der Waals surface area contributed by atoms with Crippen molar-refractivity contribution < 1.29 is 14.3 Å². The van der Waals surface area contributed by atoms with Gasteiger partial charge in [-0.3, -0.25) is 4.79 Å². The van der Waals surface area contributed by atoms with Crippen molar-refractivity contribution in [1.29, 1.82) is 0 Å². The average molecular weight is 293 g/mol. The Labute approximate surface area is 127 Å². The molecule has 4 heteroatoms. The number of methoxy groups -OCH3 is 1. The molecule has 1 atom stereocenters. The van der Waals surface area contributed by atoms with Crippen LogP contribution in [0.2, 0.25) is 0 Å². The summed E-state index contributed by atoms with van der Waals surface area (Å²) < 4.78 is 10.6. The van der Waals surface area contributed by atoms with E-state index < -0.39 is 6.10 Å². The first-order valence-corrected chi connectivity index (χ1v) is 7.38. The average Bonchev–Trinajstić information content (AvgIpc) is 2.43. The molecule has 0 aliphatic rings. The molecule has 0 radical (unpaired) electrons. The quantitative estimate of drug-likeness (QED) is 0.786. The van der Waals surface area contributed by atoms with Gasteiger partial charge in [0, 0.05) is 20.3 Å². The Morgan fingerprint density at radius 3 is 2.38 bits per heavy atom. The lowest BCUT2D eigenvalue weighted by Gasteiger charge is -2.20. The van der Waals surface area contributed by atoms with E-state index in [9.17, 15) is 4.79 Å². The molecule has 0 unspecified atom stereocenters. The summed E-state index contributed by atoms with van der Waals surface area (Å²) in [5.41, 5.74) is 1.36. The maximum atomic E-state index is 11.9. The van der Waals surface area contributed by atoms with Gasteiger partial charge in [-0.1, -0.05) is 32.9 Å². The third-order valence-electron chi connectivity index (χ3n) is 3.23. The molecule has 1 aromatic carbocycles. The number of rotatable bonds is 7. The van der Waals surface area contributed by atoms with E-state index in [0.717, 1.165) is 6.42 Å². The Kier molecular flexibility index (Phi) is 6.69. The van der Waals surface area contributed by atoms with Gasteiger partial charge in [-0.2, -0.15) is 0 Å². The molecule has 0 saturated carbocycles. The first-order chi connectivity index (χ1) is 9.84. The molecule has 0 aliphatic carbocycles. The number of ether oxygens (including phenoxy) is 2. The molecule has 4 nitrogen and oxygen atoms in total. The van der Waals surface area contributed by atoms with E-state index in [0.29, 0.717) is 18.9 Å². The van der Waals surface area contributed by atoms with E-state index in [2.05, 4.69) is 26.1 Å². The molecule has 0 spiro atoms. The van der Waals surface area contributed by atoms with Crippen LogP contribution in [-0.4, -0.2) is 32.3 Å². The van der Waals surface area contributed by atoms with Crippen LogP contribution in [0.1, 0.15) is 39.7 Å². The van der Waals surface area contributed by atoms with Crippen molar-refractivity contribution in [1.82, 2.24) is 5.32 Å². The molecule has 21 heavy (non-hydrogen) atoms. The fraction of sp³-hybridized carbons (Fsp3) is 0.588. The second-order valence-corrected chi connectivity index (χ2v) is 6.17. The molecular weight excluding hydrogens is 266 g/mol. The second kappa shape index (κ2) is 8.03. The van der Waals surface area contributed by atoms with Gasteiger partial charge in [0.25, 0.3) is 5.91 Å². The van der Waals surface area contributed by atoms with E-state index >= 15 is 0 Å². The molecular formula is C17H27NO3. The molecule has 0 aliphatic heterocycles. The SMILES string of the molecule is COCCCNC(=O)[C@@H](C)Oc1ccc(C(C)(C)C)cc1. The zero-order chi connectivity index (χ0) is 15.9. The summed E-state index contributed by atoms with van der Waals surface area (Å²) in [4.78, 5) is 11.9. The Morgan fingerprint density at radius 1 is 1.24 bits per heavy atom. The van der Waals surface area contributed by atoms with Crippen LogP contribution in [0.4, 0.5) is 0 Å². The lowest BCUT2D eigenvalue weighted by molar-refractivity contribution is -0.127. The number of carbonyl (C=O) groups is 1. The molecule has 0 bridgehead atoms. The maximum Gasteiger partial charge on any atom is 0.260 e. The number of hydrogen-bond donors (Lipinski definition) is 1. The van der Waals surface area contributed by atoms with Gasteiger partial charge in [-0.15, -0.1) is 0 Å². The van der Waals surface area contributed by atoms with Gasteiger partial charge >= 0.3 is 0 Å². The van der Waals surface area contributed by atoms with Gasteiger partial charge in [-0.25, -0.2) is 0 Å². The summed E-state index contributed by atoms with van der Waals surface area (Å²) in [6, 6.07) is 7.90. The summed E-state index contributed by atoms with van der Waals surface area (Å²) in [5.74, 6) is 0.605. The van der Waals surface area contributed by atoms with E-state index in [1.165, 1.54) is 5.56 Å². The second-order valence-electron chi connectivity index (χ2n) is 6.17. The van der Waals surface area contributed by atoms with Crippen molar-refractivity contribution in [2.75, 3.05) is 20.3 Å². The molecule has 0 saturated heterocycles. The van der Waals surface area contributed by atoms with Gasteiger partial charge < -0.3 is 14.8 Å². The predicted octanol–water partition coefficient (Wildman–Crippen LogP) is 2.90. The molecule has 1 N–H and O–H groups in total. The monoisotopic (exact) mass is 293 g/mol. The standard InChI is InChI=1S/C17H27NO3/c1-13(16(19)18-11-6-12-20-5)21-15-9-7-14(8-10-15)17(2,3)4/h7-10,13H,6,11-12H2,1-5H3,(H,18,19)/t13-/m1/s1. The first-order valence-electron chi connectivity index (χ1n) is 7.38. The van der Waals surface area contributed by atoms with Crippen LogP contribution >= 0.6 is 0 Å². The van der Waals surface area contributed by atoms with Gasteiger partial charge in [-0.05, 0) is 36.5 Å². The van der Waals surface area contributed by atoms with Crippen LogP contribution in [0.15, 0.2) is 24.3 Å². The minimum absolute atomic E-state index is 0.106. The van der Waals surface area contributed by atoms with Crippen molar-refractivity contribution in [3.05, 3.63) is 29.8 Å². The van der Waals surface area contributed by atoms with Gasteiger partial charge in [0.15, 0.2) is 6.10 Å². The highest BCUT2D eigenvalue weighted by molar-refractivity contribution is 5.80. The fourth-order valence-electron chi connectivity index (χ4n) is 1.86.